The van der Waals surface area contributed by atoms with Gasteiger partial charge < -0.3 is 19.7 Å². The van der Waals surface area contributed by atoms with Gasteiger partial charge in [0.1, 0.15) is 5.58 Å². The normalized spacial score (nSPS) is 11.0. The summed E-state index contributed by atoms with van der Waals surface area (Å²) >= 11 is 0. The van der Waals surface area contributed by atoms with E-state index in [1.807, 2.05) is 13.0 Å². The van der Waals surface area contributed by atoms with E-state index in [0.29, 0.717) is 16.5 Å². The molecule has 0 amide bonds. The maximum atomic E-state index is 12.4. The van der Waals surface area contributed by atoms with Crippen LogP contribution in [0.5, 0.6) is 17.2 Å². The third-order valence-corrected chi connectivity index (χ3v) is 3.71. The van der Waals surface area contributed by atoms with Gasteiger partial charge in [0.2, 0.25) is 11.2 Å². The zero-order chi connectivity index (χ0) is 16.6. The molecule has 0 aliphatic heterocycles. The predicted molar refractivity (Wildman–Crippen MR) is 86.9 cm³/mol. The number of hydrogen-bond acceptors (Lipinski definition) is 5. The number of benzene rings is 2. The summed E-state index contributed by atoms with van der Waals surface area (Å²) in [6.07, 6.45) is 1.79. The number of aromatic hydroxyl groups is 3. The Labute approximate surface area is 132 Å². The molecule has 23 heavy (non-hydrogen) atoms. The number of hydrogen-bond donors (Lipinski definition) is 3. The van der Waals surface area contributed by atoms with E-state index in [0.717, 1.165) is 18.4 Å². The molecule has 5 heteroatoms. The highest BCUT2D eigenvalue weighted by Gasteiger charge is 2.16. The van der Waals surface area contributed by atoms with Crippen LogP contribution in [0.1, 0.15) is 18.9 Å². The molecule has 0 saturated heterocycles. The first-order chi connectivity index (χ1) is 11.0. The first-order valence-corrected chi connectivity index (χ1v) is 7.32. The van der Waals surface area contributed by atoms with E-state index in [1.165, 1.54) is 18.2 Å². The quantitative estimate of drug-likeness (QED) is 0.644. The highest BCUT2D eigenvalue weighted by molar-refractivity contribution is 5.82. The molecule has 3 N–H and O–H groups in total. The second kappa shape index (κ2) is 5.68. The van der Waals surface area contributed by atoms with E-state index >= 15 is 0 Å². The van der Waals surface area contributed by atoms with Crippen molar-refractivity contribution in [1.29, 1.82) is 0 Å². The number of aryl methyl sites for hydroxylation is 1. The van der Waals surface area contributed by atoms with E-state index in [4.69, 9.17) is 4.42 Å². The summed E-state index contributed by atoms with van der Waals surface area (Å²) in [5, 5.41) is 29.4. The van der Waals surface area contributed by atoms with Crippen LogP contribution < -0.4 is 5.43 Å². The maximum Gasteiger partial charge on any atom is 0.235 e. The molecule has 1 aromatic heterocycles. The molecule has 118 valence electrons. The van der Waals surface area contributed by atoms with Gasteiger partial charge in [-0.3, -0.25) is 4.79 Å². The standard InChI is InChI=1S/C18H16O5/c1-2-3-10-4-7-15-12(8-10)16(21)17(22)18(23-15)11-5-6-13(19)14(20)9-11/h4-9,19-20,22H,2-3H2,1H3. The molecule has 0 bridgehead atoms. The van der Waals surface area contributed by atoms with Crippen molar-refractivity contribution in [3.8, 4) is 28.6 Å². The van der Waals surface area contributed by atoms with Gasteiger partial charge in [0.25, 0.3) is 0 Å². The van der Waals surface area contributed by atoms with Gasteiger partial charge in [0, 0.05) is 5.56 Å². The highest BCUT2D eigenvalue weighted by Crippen LogP contribution is 2.35. The molecule has 0 aliphatic carbocycles. The Morgan fingerprint density at radius 2 is 1.78 bits per heavy atom. The molecule has 0 fully saturated rings. The number of rotatable bonds is 3. The molecule has 1 heterocycles. The number of phenols is 2. The lowest BCUT2D eigenvalue weighted by Crippen LogP contribution is -2.03. The Morgan fingerprint density at radius 1 is 1.00 bits per heavy atom. The van der Waals surface area contributed by atoms with E-state index in [1.54, 1.807) is 12.1 Å². The van der Waals surface area contributed by atoms with E-state index in [2.05, 4.69) is 0 Å². The first-order valence-electron chi connectivity index (χ1n) is 7.32. The van der Waals surface area contributed by atoms with Crippen LogP contribution in [0.15, 0.2) is 45.6 Å². The molecular weight excluding hydrogens is 296 g/mol. The zero-order valence-corrected chi connectivity index (χ0v) is 12.5. The van der Waals surface area contributed by atoms with Crippen molar-refractivity contribution in [3.05, 3.63) is 52.2 Å². The van der Waals surface area contributed by atoms with Gasteiger partial charge in [-0.25, -0.2) is 0 Å². The van der Waals surface area contributed by atoms with Crippen LogP contribution in [0.3, 0.4) is 0 Å². The molecule has 0 aliphatic rings. The summed E-state index contributed by atoms with van der Waals surface area (Å²) in [6.45, 7) is 2.05. The van der Waals surface area contributed by atoms with Crippen molar-refractivity contribution in [1.82, 2.24) is 0 Å². The van der Waals surface area contributed by atoms with E-state index < -0.39 is 11.2 Å². The van der Waals surface area contributed by atoms with Gasteiger partial charge >= 0.3 is 0 Å². The van der Waals surface area contributed by atoms with E-state index in [-0.39, 0.29) is 17.3 Å². The third-order valence-electron chi connectivity index (χ3n) is 3.71. The van der Waals surface area contributed by atoms with Crippen LogP contribution in [-0.4, -0.2) is 15.3 Å². The average Bonchev–Trinajstić information content (AvgIpc) is 2.54. The smallest absolute Gasteiger partial charge is 0.235 e. The zero-order valence-electron chi connectivity index (χ0n) is 12.5. The van der Waals surface area contributed by atoms with Crippen molar-refractivity contribution in [2.24, 2.45) is 0 Å². The summed E-state index contributed by atoms with van der Waals surface area (Å²) in [5.41, 5.74) is 1.14. The van der Waals surface area contributed by atoms with Crippen LogP contribution in [0.25, 0.3) is 22.3 Å². The predicted octanol–water partition coefficient (Wildman–Crippen LogP) is 3.53. The van der Waals surface area contributed by atoms with Gasteiger partial charge in [-0.05, 0) is 42.3 Å². The monoisotopic (exact) mass is 312 g/mol. The van der Waals surface area contributed by atoms with Crippen LogP contribution in [0, 0.1) is 0 Å². The first kappa shape index (κ1) is 15.0. The Morgan fingerprint density at radius 3 is 2.48 bits per heavy atom. The molecule has 0 radical (unpaired) electrons. The van der Waals surface area contributed by atoms with Crippen LogP contribution in [0.4, 0.5) is 0 Å². The lowest BCUT2D eigenvalue weighted by molar-refractivity contribution is 0.403. The summed E-state index contributed by atoms with van der Waals surface area (Å²) in [4.78, 5) is 12.4. The van der Waals surface area contributed by atoms with Gasteiger partial charge in [0.05, 0.1) is 5.39 Å². The Balaban J connectivity index is 2.23. The average molecular weight is 312 g/mol. The minimum Gasteiger partial charge on any atom is -0.504 e. The molecule has 0 spiro atoms. The molecule has 0 saturated carbocycles. The summed E-state index contributed by atoms with van der Waals surface area (Å²) in [6, 6.07) is 9.24. The third kappa shape index (κ3) is 2.61. The molecule has 2 aromatic carbocycles. The lowest BCUT2D eigenvalue weighted by atomic mass is 10.1. The van der Waals surface area contributed by atoms with Crippen LogP contribution in [0.2, 0.25) is 0 Å². The van der Waals surface area contributed by atoms with Crippen molar-refractivity contribution < 1.29 is 19.7 Å². The van der Waals surface area contributed by atoms with Gasteiger partial charge in [-0.15, -0.1) is 0 Å². The molecule has 0 unspecified atom stereocenters. The largest absolute Gasteiger partial charge is 0.504 e. The Hall–Kier alpha value is -2.95. The fourth-order valence-electron chi connectivity index (χ4n) is 2.54. The second-order valence-electron chi connectivity index (χ2n) is 5.39. The van der Waals surface area contributed by atoms with Crippen molar-refractivity contribution >= 4 is 11.0 Å². The minimum atomic E-state index is -0.522. The van der Waals surface area contributed by atoms with E-state index in [9.17, 15) is 20.1 Å². The SMILES string of the molecule is CCCc1ccc2oc(-c3ccc(O)c(O)c3)c(O)c(=O)c2c1. The fraction of sp³-hybridized carbons (Fsp3) is 0.167. The van der Waals surface area contributed by atoms with Crippen molar-refractivity contribution in [2.75, 3.05) is 0 Å². The fourth-order valence-corrected chi connectivity index (χ4v) is 2.54. The van der Waals surface area contributed by atoms with Crippen molar-refractivity contribution in [2.45, 2.75) is 19.8 Å². The summed E-state index contributed by atoms with van der Waals surface area (Å²) in [5.74, 6) is -1.21. The molecule has 0 atom stereocenters. The lowest BCUT2D eigenvalue weighted by Gasteiger charge is -2.08. The second-order valence-corrected chi connectivity index (χ2v) is 5.39. The summed E-state index contributed by atoms with van der Waals surface area (Å²) in [7, 11) is 0. The molecule has 5 nitrogen and oxygen atoms in total. The Kier molecular flexibility index (Phi) is 3.70. The number of phenolic OH excluding ortho intramolecular Hbond substituents is 2. The van der Waals surface area contributed by atoms with Crippen LogP contribution >= 0.6 is 0 Å². The molecule has 3 rings (SSSR count). The van der Waals surface area contributed by atoms with Crippen LogP contribution in [-0.2, 0) is 6.42 Å². The summed E-state index contributed by atoms with van der Waals surface area (Å²) < 4.78 is 5.64. The maximum absolute atomic E-state index is 12.4. The minimum absolute atomic E-state index is 0.0407. The van der Waals surface area contributed by atoms with Gasteiger partial charge in [-0.2, -0.15) is 0 Å². The van der Waals surface area contributed by atoms with Crippen molar-refractivity contribution in [3.63, 3.8) is 0 Å². The highest BCUT2D eigenvalue weighted by atomic mass is 16.4. The molecular formula is C18H16O5. The Bertz CT molecular complexity index is 940. The topological polar surface area (TPSA) is 90.9 Å². The number of fused-ring (bicyclic) bond motifs is 1. The van der Waals surface area contributed by atoms with Gasteiger partial charge in [0.15, 0.2) is 17.3 Å². The molecule has 3 aromatic rings. The van der Waals surface area contributed by atoms with Gasteiger partial charge in [-0.1, -0.05) is 19.4 Å².